The van der Waals surface area contributed by atoms with Crippen molar-refractivity contribution >= 4 is 11.9 Å². The SMILES string of the molecule is O=C(O)Cc1cc(C2CCN(C(=O)c3ccc[nH]3)CC2)n[nH]1. The van der Waals surface area contributed by atoms with Crippen molar-refractivity contribution in [3.05, 3.63) is 41.5 Å². The van der Waals surface area contributed by atoms with Gasteiger partial charge in [-0.3, -0.25) is 14.7 Å². The van der Waals surface area contributed by atoms with Crippen LogP contribution >= 0.6 is 0 Å². The van der Waals surface area contributed by atoms with E-state index in [0.29, 0.717) is 24.5 Å². The van der Waals surface area contributed by atoms with Gasteiger partial charge in [-0.1, -0.05) is 0 Å². The van der Waals surface area contributed by atoms with Crippen molar-refractivity contribution in [2.45, 2.75) is 25.2 Å². The topological polar surface area (TPSA) is 102 Å². The van der Waals surface area contributed by atoms with Gasteiger partial charge in [-0.05, 0) is 31.0 Å². The first-order valence-electron chi connectivity index (χ1n) is 7.32. The summed E-state index contributed by atoms with van der Waals surface area (Å²) in [5, 5.41) is 15.8. The first kappa shape index (κ1) is 14.4. The Kier molecular flexibility index (Phi) is 3.95. The number of aliphatic carboxylic acids is 1. The molecule has 2 aromatic heterocycles. The summed E-state index contributed by atoms with van der Waals surface area (Å²) in [5.41, 5.74) is 2.12. The van der Waals surface area contributed by atoms with Gasteiger partial charge in [-0.25, -0.2) is 0 Å². The van der Waals surface area contributed by atoms with Crippen LogP contribution in [0.25, 0.3) is 0 Å². The molecule has 0 unspecified atom stereocenters. The van der Waals surface area contributed by atoms with Gasteiger partial charge >= 0.3 is 5.97 Å². The second-order valence-electron chi connectivity index (χ2n) is 5.54. The van der Waals surface area contributed by atoms with E-state index in [4.69, 9.17) is 5.11 Å². The third kappa shape index (κ3) is 3.03. The number of hydrogen-bond donors (Lipinski definition) is 3. The molecule has 116 valence electrons. The van der Waals surface area contributed by atoms with Crippen LogP contribution < -0.4 is 0 Å². The number of hydrogen-bond acceptors (Lipinski definition) is 3. The summed E-state index contributed by atoms with van der Waals surface area (Å²) in [6.07, 6.45) is 3.37. The Bertz CT molecular complexity index is 654. The number of carboxylic acids is 1. The van der Waals surface area contributed by atoms with E-state index in [1.54, 1.807) is 12.3 Å². The monoisotopic (exact) mass is 302 g/mol. The maximum Gasteiger partial charge on any atom is 0.309 e. The lowest BCUT2D eigenvalue weighted by molar-refractivity contribution is -0.136. The number of carbonyl (C=O) groups excluding carboxylic acids is 1. The molecule has 1 fully saturated rings. The Morgan fingerprint density at radius 3 is 2.77 bits per heavy atom. The van der Waals surface area contributed by atoms with Gasteiger partial charge in [0.25, 0.3) is 5.91 Å². The van der Waals surface area contributed by atoms with Crippen molar-refractivity contribution in [2.24, 2.45) is 0 Å². The number of piperidine rings is 1. The van der Waals surface area contributed by atoms with Crippen LogP contribution in [0.4, 0.5) is 0 Å². The minimum Gasteiger partial charge on any atom is -0.481 e. The number of carbonyl (C=O) groups is 2. The molecule has 7 heteroatoms. The summed E-state index contributed by atoms with van der Waals surface area (Å²) in [6, 6.07) is 5.41. The second kappa shape index (κ2) is 6.05. The van der Waals surface area contributed by atoms with Crippen LogP contribution in [0.5, 0.6) is 0 Å². The Balaban J connectivity index is 1.58. The molecule has 1 amide bonds. The molecule has 0 spiro atoms. The van der Waals surface area contributed by atoms with Crippen molar-refractivity contribution < 1.29 is 14.7 Å². The molecule has 22 heavy (non-hydrogen) atoms. The van der Waals surface area contributed by atoms with Crippen molar-refractivity contribution in [2.75, 3.05) is 13.1 Å². The van der Waals surface area contributed by atoms with Crippen molar-refractivity contribution in [1.29, 1.82) is 0 Å². The summed E-state index contributed by atoms with van der Waals surface area (Å²) < 4.78 is 0. The molecule has 2 aromatic rings. The minimum atomic E-state index is -0.874. The number of nitrogens with one attached hydrogen (secondary N) is 2. The number of H-pyrrole nitrogens is 2. The molecule has 3 N–H and O–H groups in total. The third-order valence-corrected chi connectivity index (χ3v) is 4.02. The Morgan fingerprint density at radius 2 is 2.14 bits per heavy atom. The van der Waals surface area contributed by atoms with Gasteiger partial charge < -0.3 is 15.0 Å². The largest absolute Gasteiger partial charge is 0.481 e. The standard InChI is InChI=1S/C15H18N4O3/c20-14(21)9-11-8-13(18-17-11)10-3-6-19(7-4-10)15(22)12-2-1-5-16-12/h1-2,5,8,10,16H,3-4,6-7,9H2,(H,17,18)(H,20,21). The molecule has 0 atom stereocenters. The number of amides is 1. The molecule has 1 aliphatic rings. The zero-order chi connectivity index (χ0) is 15.5. The summed E-state index contributed by atoms with van der Waals surface area (Å²) in [4.78, 5) is 27.7. The summed E-state index contributed by atoms with van der Waals surface area (Å²) in [5.74, 6) is -0.579. The molecular formula is C15H18N4O3. The fourth-order valence-electron chi connectivity index (χ4n) is 2.85. The Labute approximate surface area is 127 Å². The van der Waals surface area contributed by atoms with Gasteiger partial charge in [0.15, 0.2) is 0 Å². The Morgan fingerprint density at radius 1 is 1.36 bits per heavy atom. The van der Waals surface area contributed by atoms with Crippen LogP contribution in [0.2, 0.25) is 0 Å². The van der Waals surface area contributed by atoms with Crippen molar-refractivity contribution in [3.63, 3.8) is 0 Å². The van der Waals surface area contributed by atoms with Crippen molar-refractivity contribution in [1.82, 2.24) is 20.1 Å². The zero-order valence-electron chi connectivity index (χ0n) is 12.1. The van der Waals surface area contributed by atoms with Gasteiger partial charge in [-0.15, -0.1) is 0 Å². The average molecular weight is 302 g/mol. The van der Waals surface area contributed by atoms with E-state index in [9.17, 15) is 9.59 Å². The van der Waals surface area contributed by atoms with Gasteiger partial charge in [0.2, 0.25) is 0 Å². The average Bonchev–Trinajstić information content (AvgIpc) is 3.17. The maximum atomic E-state index is 12.2. The highest BCUT2D eigenvalue weighted by molar-refractivity contribution is 5.92. The van der Waals surface area contributed by atoms with Crippen molar-refractivity contribution in [3.8, 4) is 0 Å². The molecule has 1 aliphatic heterocycles. The fourth-order valence-corrected chi connectivity index (χ4v) is 2.85. The number of rotatable bonds is 4. The molecule has 0 radical (unpaired) electrons. The van der Waals surface area contributed by atoms with Gasteiger partial charge in [0, 0.05) is 30.9 Å². The lowest BCUT2D eigenvalue weighted by Gasteiger charge is -2.31. The minimum absolute atomic E-state index is 0.0250. The molecular weight excluding hydrogens is 284 g/mol. The van der Waals surface area contributed by atoms with Crippen LogP contribution in [-0.2, 0) is 11.2 Å². The first-order valence-corrected chi connectivity index (χ1v) is 7.32. The Hall–Kier alpha value is -2.57. The first-order chi connectivity index (χ1) is 10.6. The van der Waals surface area contributed by atoms with E-state index in [2.05, 4.69) is 15.2 Å². The molecule has 1 saturated heterocycles. The number of likely N-dealkylation sites (tertiary alicyclic amines) is 1. The normalized spacial score (nSPS) is 15.9. The molecule has 3 rings (SSSR count). The summed E-state index contributed by atoms with van der Waals surface area (Å²) >= 11 is 0. The van der Waals surface area contributed by atoms with Crippen LogP contribution in [-0.4, -0.2) is 50.2 Å². The fraction of sp³-hybridized carbons (Fsp3) is 0.400. The predicted octanol–water partition coefficient (Wildman–Crippen LogP) is 1.38. The van der Waals surface area contributed by atoms with Gasteiger partial charge in [0.1, 0.15) is 5.69 Å². The smallest absolute Gasteiger partial charge is 0.309 e. The van der Waals surface area contributed by atoms with E-state index in [-0.39, 0.29) is 18.2 Å². The third-order valence-electron chi connectivity index (χ3n) is 4.02. The zero-order valence-corrected chi connectivity index (χ0v) is 12.1. The van der Waals surface area contributed by atoms with Crippen LogP contribution in [0.1, 0.15) is 40.6 Å². The summed E-state index contributed by atoms with van der Waals surface area (Å²) in [6.45, 7) is 1.37. The predicted molar refractivity (Wildman–Crippen MR) is 78.6 cm³/mol. The number of nitrogens with zero attached hydrogens (tertiary/aromatic N) is 2. The molecule has 7 nitrogen and oxygen atoms in total. The maximum absolute atomic E-state index is 12.2. The molecule has 3 heterocycles. The van der Waals surface area contributed by atoms with E-state index in [0.717, 1.165) is 18.5 Å². The highest BCUT2D eigenvalue weighted by Crippen LogP contribution is 2.27. The molecule has 0 bridgehead atoms. The highest BCUT2D eigenvalue weighted by atomic mass is 16.4. The molecule has 0 saturated carbocycles. The van der Waals surface area contributed by atoms with E-state index >= 15 is 0 Å². The number of carboxylic acid groups (broad SMARTS) is 1. The number of aromatic nitrogens is 3. The number of aromatic amines is 2. The van der Waals surface area contributed by atoms with Crippen LogP contribution in [0.3, 0.4) is 0 Å². The van der Waals surface area contributed by atoms with E-state index in [1.165, 1.54) is 0 Å². The van der Waals surface area contributed by atoms with Crippen LogP contribution in [0, 0.1) is 0 Å². The quantitative estimate of drug-likeness (QED) is 0.794. The van der Waals surface area contributed by atoms with E-state index in [1.807, 2.05) is 17.0 Å². The highest BCUT2D eigenvalue weighted by Gasteiger charge is 2.26. The summed E-state index contributed by atoms with van der Waals surface area (Å²) in [7, 11) is 0. The molecule has 0 aromatic carbocycles. The van der Waals surface area contributed by atoms with E-state index < -0.39 is 5.97 Å². The lowest BCUT2D eigenvalue weighted by Crippen LogP contribution is -2.38. The second-order valence-corrected chi connectivity index (χ2v) is 5.54. The van der Waals surface area contributed by atoms with Gasteiger partial charge in [0.05, 0.1) is 12.1 Å². The van der Waals surface area contributed by atoms with Gasteiger partial charge in [-0.2, -0.15) is 5.10 Å². The molecule has 0 aliphatic carbocycles. The van der Waals surface area contributed by atoms with Crippen LogP contribution in [0.15, 0.2) is 24.4 Å². The lowest BCUT2D eigenvalue weighted by atomic mass is 9.93.